The number of aliphatic hydroxyl groups excluding tert-OH is 1. The van der Waals surface area contributed by atoms with E-state index >= 15 is 0 Å². The van der Waals surface area contributed by atoms with E-state index in [0.717, 1.165) is 42.9 Å². The first-order valence-corrected chi connectivity index (χ1v) is 7.65. The molecule has 1 aromatic carbocycles. The summed E-state index contributed by atoms with van der Waals surface area (Å²) in [6.07, 6.45) is 3.19. The van der Waals surface area contributed by atoms with Crippen LogP contribution in [0.3, 0.4) is 0 Å². The zero-order valence-corrected chi connectivity index (χ0v) is 12.7. The Bertz CT molecular complexity index is 639. The maximum atomic E-state index is 9.93. The van der Waals surface area contributed by atoms with Crippen LogP contribution in [0.15, 0.2) is 36.5 Å². The van der Waals surface area contributed by atoms with Crippen molar-refractivity contribution >= 4 is 5.82 Å². The van der Waals surface area contributed by atoms with Gasteiger partial charge in [0.25, 0.3) is 0 Å². The van der Waals surface area contributed by atoms with E-state index in [0.29, 0.717) is 0 Å². The van der Waals surface area contributed by atoms with Crippen LogP contribution in [0.25, 0.3) is 0 Å². The third-order valence-electron chi connectivity index (χ3n) is 4.27. The van der Waals surface area contributed by atoms with Crippen LogP contribution in [0.2, 0.25) is 0 Å². The van der Waals surface area contributed by atoms with Crippen LogP contribution < -0.4 is 4.90 Å². The predicted octanol–water partition coefficient (Wildman–Crippen LogP) is 3.40. The second-order valence-electron chi connectivity index (χ2n) is 5.77. The molecule has 0 fully saturated rings. The molecular formula is C18H22N2O. The first kappa shape index (κ1) is 14.1. The van der Waals surface area contributed by atoms with Gasteiger partial charge in [-0.1, -0.05) is 31.2 Å². The van der Waals surface area contributed by atoms with Gasteiger partial charge in [-0.15, -0.1) is 0 Å². The average Bonchev–Trinajstić information content (AvgIpc) is 2.53. The molecule has 1 atom stereocenters. The van der Waals surface area contributed by atoms with Crippen molar-refractivity contribution in [3.05, 3.63) is 58.8 Å². The molecule has 0 bridgehead atoms. The van der Waals surface area contributed by atoms with Crippen LogP contribution >= 0.6 is 0 Å². The van der Waals surface area contributed by atoms with Crippen molar-refractivity contribution in [2.75, 3.05) is 11.4 Å². The molecule has 0 radical (unpaired) electrons. The number of hydrogen-bond donors (Lipinski definition) is 1. The van der Waals surface area contributed by atoms with Gasteiger partial charge in [0, 0.05) is 19.3 Å². The predicted molar refractivity (Wildman–Crippen MR) is 85.4 cm³/mol. The molecule has 0 saturated heterocycles. The van der Waals surface area contributed by atoms with Crippen LogP contribution in [0.5, 0.6) is 0 Å². The van der Waals surface area contributed by atoms with Gasteiger partial charge in [-0.25, -0.2) is 4.98 Å². The molecule has 1 aromatic heterocycles. The number of hydrogen-bond acceptors (Lipinski definition) is 3. The monoisotopic (exact) mass is 282 g/mol. The molecular weight excluding hydrogens is 260 g/mol. The van der Waals surface area contributed by atoms with Crippen molar-refractivity contribution in [2.45, 2.75) is 39.3 Å². The van der Waals surface area contributed by atoms with Gasteiger partial charge in [-0.05, 0) is 48.1 Å². The van der Waals surface area contributed by atoms with Crippen LogP contribution in [-0.2, 0) is 13.0 Å². The number of aliphatic hydroxyl groups is 1. The molecule has 0 saturated carbocycles. The van der Waals surface area contributed by atoms with Crippen molar-refractivity contribution in [3.63, 3.8) is 0 Å². The van der Waals surface area contributed by atoms with Gasteiger partial charge in [-0.2, -0.15) is 0 Å². The highest BCUT2D eigenvalue weighted by Gasteiger charge is 2.19. The molecule has 2 aromatic rings. The Morgan fingerprint density at radius 1 is 1.29 bits per heavy atom. The number of pyridine rings is 1. The standard InChI is InChI=1S/C18H22N2O/c1-3-17(21)16-10-13(2)18(19-11-16)20-9-8-14-6-4-5-7-15(14)12-20/h4-7,10-11,17,21H,3,8-9,12H2,1-2H3/t17-/m0/s1. The molecule has 1 N–H and O–H groups in total. The molecule has 0 amide bonds. The van der Waals surface area contributed by atoms with E-state index in [9.17, 15) is 5.11 Å². The molecule has 2 heterocycles. The number of fused-ring (bicyclic) bond motifs is 1. The van der Waals surface area contributed by atoms with Crippen molar-refractivity contribution in [3.8, 4) is 0 Å². The summed E-state index contributed by atoms with van der Waals surface area (Å²) < 4.78 is 0. The van der Waals surface area contributed by atoms with E-state index in [1.165, 1.54) is 11.1 Å². The third kappa shape index (κ3) is 2.79. The fourth-order valence-corrected chi connectivity index (χ4v) is 3.01. The number of rotatable bonds is 3. The van der Waals surface area contributed by atoms with Crippen molar-refractivity contribution in [1.29, 1.82) is 0 Å². The summed E-state index contributed by atoms with van der Waals surface area (Å²) in [5.74, 6) is 1.04. The zero-order chi connectivity index (χ0) is 14.8. The summed E-state index contributed by atoms with van der Waals surface area (Å²) in [6, 6.07) is 10.7. The van der Waals surface area contributed by atoms with Gasteiger partial charge in [0.1, 0.15) is 5.82 Å². The molecule has 1 aliphatic rings. The number of anilines is 1. The third-order valence-corrected chi connectivity index (χ3v) is 4.27. The highest BCUT2D eigenvalue weighted by molar-refractivity contribution is 5.50. The van der Waals surface area contributed by atoms with Crippen LogP contribution in [0.4, 0.5) is 5.82 Å². The van der Waals surface area contributed by atoms with E-state index in [4.69, 9.17) is 0 Å². The summed E-state index contributed by atoms with van der Waals surface area (Å²) in [4.78, 5) is 6.94. The molecule has 0 spiro atoms. The van der Waals surface area contributed by atoms with Gasteiger partial charge in [-0.3, -0.25) is 0 Å². The number of aryl methyl sites for hydroxylation is 1. The van der Waals surface area contributed by atoms with Crippen molar-refractivity contribution in [2.24, 2.45) is 0 Å². The smallest absolute Gasteiger partial charge is 0.131 e. The van der Waals surface area contributed by atoms with Gasteiger partial charge in [0.2, 0.25) is 0 Å². The Morgan fingerprint density at radius 2 is 2.05 bits per heavy atom. The number of benzene rings is 1. The topological polar surface area (TPSA) is 36.4 Å². The molecule has 0 aliphatic carbocycles. The van der Waals surface area contributed by atoms with Crippen LogP contribution in [0, 0.1) is 6.92 Å². The minimum atomic E-state index is -0.410. The average molecular weight is 282 g/mol. The van der Waals surface area contributed by atoms with E-state index in [1.54, 1.807) is 0 Å². The molecule has 0 unspecified atom stereocenters. The Morgan fingerprint density at radius 3 is 2.76 bits per heavy atom. The Hall–Kier alpha value is -1.87. The maximum Gasteiger partial charge on any atom is 0.131 e. The van der Waals surface area contributed by atoms with Gasteiger partial charge in [0.05, 0.1) is 6.10 Å². The Labute approximate surface area is 126 Å². The SMILES string of the molecule is CC[C@H](O)c1cnc(N2CCc3ccccc3C2)c(C)c1. The molecule has 21 heavy (non-hydrogen) atoms. The lowest BCUT2D eigenvalue weighted by Gasteiger charge is -2.31. The van der Waals surface area contributed by atoms with Crippen LogP contribution in [-0.4, -0.2) is 16.6 Å². The largest absolute Gasteiger partial charge is 0.388 e. The minimum Gasteiger partial charge on any atom is -0.388 e. The fourth-order valence-electron chi connectivity index (χ4n) is 3.01. The summed E-state index contributed by atoms with van der Waals surface area (Å²) >= 11 is 0. The second-order valence-corrected chi connectivity index (χ2v) is 5.77. The second kappa shape index (κ2) is 5.86. The fraction of sp³-hybridized carbons (Fsp3) is 0.389. The molecule has 3 heteroatoms. The first-order chi connectivity index (χ1) is 10.2. The lowest BCUT2D eigenvalue weighted by atomic mass is 9.99. The molecule has 3 rings (SSSR count). The zero-order valence-electron chi connectivity index (χ0n) is 12.7. The van der Waals surface area contributed by atoms with Crippen molar-refractivity contribution in [1.82, 2.24) is 4.98 Å². The minimum absolute atomic E-state index is 0.410. The quantitative estimate of drug-likeness (QED) is 0.937. The maximum absolute atomic E-state index is 9.93. The lowest BCUT2D eigenvalue weighted by molar-refractivity contribution is 0.173. The summed E-state index contributed by atoms with van der Waals surface area (Å²) in [5.41, 5.74) is 4.89. The molecule has 3 nitrogen and oxygen atoms in total. The molecule has 110 valence electrons. The van der Waals surface area contributed by atoms with Crippen LogP contribution in [0.1, 0.15) is 41.7 Å². The van der Waals surface area contributed by atoms with Crippen molar-refractivity contribution < 1.29 is 5.11 Å². The van der Waals surface area contributed by atoms with E-state index in [-0.39, 0.29) is 0 Å². The first-order valence-electron chi connectivity index (χ1n) is 7.65. The van der Waals surface area contributed by atoms with Gasteiger partial charge in [0.15, 0.2) is 0 Å². The highest BCUT2D eigenvalue weighted by atomic mass is 16.3. The Kier molecular flexibility index (Phi) is 3.93. The van der Waals surface area contributed by atoms with Gasteiger partial charge < -0.3 is 10.0 Å². The lowest BCUT2D eigenvalue weighted by Crippen LogP contribution is -2.31. The van der Waals surface area contributed by atoms with E-state index < -0.39 is 6.10 Å². The number of aromatic nitrogens is 1. The summed E-state index contributed by atoms with van der Waals surface area (Å²) in [5, 5.41) is 9.93. The normalized spacial score (nSPS) is 15.7. The summed E-state index contributed by atoms with van der Waals surface area (Å²) in [6.45, 7) is 5.98. The molecule has 1 aliphatic heterocycles. The number of nitrogens with zero attached hydrogens (tertiary/aromatic N) is 2. The van der Waals surface area contributed by atoms with E-state index in [2.05, 4.69) is 47.1 Å². The Balaban J connectivity index is 1.85. The summed E-state index contributed by atoms with van der Waals surface area (Å²) in [7, 11) is 0. The highest BCUT2D eigenvalue weighted by Crippen LogP contribution is 2.27. The van der Waals surface area contributed by atoms with Gasteiger partial charge >= 0.3 is 0 Å². The van der Waals surface area contributed by atoms with E-state index in [1.807, 2.05) is 13.1 Å².